The zero-order chi connectivity index (χ0) is 20.5. The lowest BCUT2D eigenvalue weighted by molar-refractivity contribution is -0.138. The van der Waals surface area contributed by atoms with Gasteiger partial charge in [-0.15, -0.1) is 0 Å². The Kier molecular flexibility index (Phi) is 6.00. The third kappa shape index (κ3) is 4.09. The number of carbonyl (C=O) groups excluding carboxylic acids is 2. The van der Waals surface area contributed by atoms with Crippen LogP contribution in [0.25, 0.3) is 10.9 Å². The summed E-state index contributed by atoms with van der Waals surface area (Å²) >= 11 is 6.17. The highest BCUT2D eigenvalue weighted by Gasteiger charge is 2.35. The number of rotatable bonds is 5. The molecule has 1 aliphatic heterocycles. The van der Waals surface area contributed by atoms with Gasteiger partial charge >= 0.3 is 0 Å². The molecule has 1 saturated heterocycles. The van der Waals surface area contributed by atoms with Crippen molar-refractivity contribution in [2.45, 2.75) is 71.4 Å². The molecule has 0 spiro atoms. The second-order valence-electron chi connectivity index (χ2n) is 8.93. The van der Waals surface area contributed by atoms with E-state index in [9.17, 15) is 9.59 Å². The second-order valence-corrected chi connectivity index (χ2v) is 9.36. The van der Waals surface area contributed by atoms with Gasteiger partial charge in [-0.2, -0.15) is 0 Å². The Labute approximate surface area is 178 Å². The van der Waals surface area contributed by atoms with Crippen LogP contribution in [0.15, 0.2) is 24.4 Å². The van der Waals surface area contributed by atoms with Gasteiger partial charge in [-0.1, -0.05) is 37.8 Å². The number of aromatic nitrogens is 1. The van der Waals surface area contributed by atoms with Gasteiger partial charge in [0, 0.05) is 52.7 Å². The number of halogens is 1. The molecule has 1 aromatic carbocycles. The Morgan fingerprint density at radius 2 is 1.90 bits per heavy atom. The van der Waals surface area contributed by atoms with Gasteiger partial charge in [0.2, 0.25) is 5.91 Å². The van der Waals surface area contributed by atoms with E-state index in [0.29, 0.717) is 22.4 Å². The highest BCUT2D eigenvalue weighted by molar-refractivity contribution is 6.31. The van der Waals surface area contributed by atoms with Crippen LogP contribution < -0.4 is 0 Å². The maximum atomic E-state index is 13.3. The van der Waals surface area contributed by atoms with Crippen molar-refractivity contribution in [1.82, 2.24) is 9.47 Å². The van der Waals surface area contributed by atoms with Gasteiger partial charge in [-0.05, 0) is 56.7 Å². The first-order chi connectivity index (χ1) is 14.0. The molecule has 2 heterocycles. The van der Waals surface area contributed by atoms with Gasteiger partial charge in [0.25, 0.3) is 0 Å². The average molecular weight is 415 g/mol. The number of nitrogens with zero attached hydrogens (tertiary/aromatic N) is 2. The molecule has 1 amide bonds. The zero-order valence-electron chi connectivity index (χ0n) is 17.5. The summed E-state index contributed by atoms with van der Waals surface area (Å²) in [6.45, 7) is 5.31. The minimum atomic E-state index is 0.0429. The molecule has 0 unspecified atom stereocenters. The van der Waals surface area contributed by atoms with E-state index >= 15 is 0 Å². The maximum absolute atomic E-state index is 13.3. The number of ketones is 1. The van der Waals surface area contributed by atoms with Crippen LogP contribution in [0.2, 0.25) is 5.02 Å². The van der Waals surface area contributed by atoms with E-state index in [4.69, 9.17) is 11.6 Å². The molecular weight excluding hydrogens is 384 g/mol. The van der Waals surface area contributed by atoms with Gasteiger partial charge in [-0.25, -0.2) is 0 Å². The van der Waals surface area contributed by atoms with E-state index in [2.05, 4.69) is 16.4 Å². The molecule has 1 saturated carbocycles. The number of hydrogen-bond donors (Lipinski definition) is 0. The fraction of sp³-hybridized carbons (Fsp3) is 0.583. The summed E-state index contributed by atoms with van der Waals surface area (Å²) in [7, 11) is 0. The first-order valence-corrected chi connectivity index (χ1v) is 11.4. The van der Waals surface area contributed by atoms with Crippen molar-refractivity contribution in [3.05, 3.63) is 35.0 Å². The molecule has 2 aliphatic rings. The number of benzene rings is 1. The molecule has 2 aromatic rings. The largest absolute Gasteiger partial charge is 0.345 e. The summed E-state index contributed by atoms with van der Waals surface area (Å²) in [6, 6.07) is 5.91. The predicted octanol–water partition coefficient (Wildman–Crippen LogP) is 5.70. The van der Waals surface area contributed by atoms with Crippen LogP contribution in [0, 0.1) is 11.8 Å². The molecule has 2 atom stereocenters. The molecule has 1 aliphatic carbocycles. The third-order valence-electron chi connectivity index (χ3n) is 7.04. The highest BCUT2D eigenvalue weighted by atomic mass is 35.5. The fourth-order valence-electron chi connectivity index (χ4n) is 5.34. The van der Waals surface area contributed by atoms with Crippen molar-refractivity contribution in [3.63, 3.8) is 0 Å². The maximum Gasteiger partial charge on any atom is 0.225 e. The van der Waals surface area contributed by atoms with Crippen molar-refractivity contribution >= 4 is 34.2 Å². The standard InChI is InChI=1S/C24H31ClN2O2/c1-16(18-7-4-3-5-8-18)24(29)27-12-6-9-20(27)14-26-15-22(17(2)28)21-13-19(25)10-11-23(21)26/h10-11,13,15-16,18,20H,3-9,12,14H2,1-2H3/t16-,20-/m0/s1. The molecule has 4 rings (SSSR count). The van der Waals surface area contributed by atoms with E-state index < -0.39 is 0 Å². The molecule has 0 bridgehead atoms. The van der Waals surface area contributed by atoms with Crippen LogP contribution in [0.4, 0.5) is 0 Å². The van der Waals surface area contributed by atoms with Gasteiger partial charge in [0.05, 0.1) is 0 Å². The van der Waals surface area contributed by atoms with Crippen LogP contribution in [0.5, 0.6) is 0 Å². The summed E-state index contributed by atoms with van der Waals surface area (Å²) in [5, 5.41) is 1.54. The Morgan fingerprint density at radius 1 is 1.14 bits per heavy atom. The lowest BCUT2D eigenvalue weighted by atomic mass is 9.80. The number of amides is 1. The quantitative estimate of drug-likeness (QED) is 0.588. The number of hydrogen-bond acceptors (Lipinski definition) is 2. The van der Waals surface area contributed by atoms with Gasteiger partial charge < -0.3 is 9.47 Å². The fourth-order valence-corrected chi connectivity index (χ4v) is 5.51. The smallest absolute Gasteiger partial charge is 0.225 e. The lowest BCUT2D eigenvalue weighted by Gasteiger charge is -2.33. The molecular formula is C24H31ClN2O2. The first-order valence-electron chi connectivity index (χ1n) is 11.1. The van der Waals surface area contributed by atoms with E-state index in [1.807, 2.05) is 24.4 Å². The van der Waals surface area contributed by atoms with Crippen molar-refractivity contribution < 1.29 is 9.59 Å². The molecule has 0 N–H and O–H groups in total. The van der Waals surface area contributed by atoms with Crippen LogP contribution in [-0.2, 0) is 11.3 Å². The Bertz CT molecular complexity index is 913. The monoisotopic (exact) mass is 414 g/mol. The highest BCUT2D eigenvalue weighted by Crippen LogP contribution is 2.33. The van der Waals surface area contributed by atoms with Crippen LogP contribution in [-0.4, -0.2) is 33.7 Å². The van der Waals surface area contributed by atoms with Crippen molar-refractivity contribution in [3.8, 4) is 0 Å². The van der Waals surface area contributed by atoms with Crippen LogP contribution in [0.1, 0.15) is 69.2 Å². The number of carbonyl (C=O) groups is 2. The number of fused-ring (bicyclic) bond motifs is 1. The Morgan fingerprint density at radius 3 is 2.62 bits per heavy atom. The van der Waals surface area contributed by atoms with Crippen molar-refractivity contribution in [2.75, 3.05) is 6.54 Å². The van der Waals surface area contributed by atoms with Gasteiger partial charge in [0.15, 0.2) is 5.78 Å². The Balaban J connectivity index is 1.55. The molecule has 5 heteroatoms. The molecule has 156 valence electrons. The van der Waals surface area contributed by atoms with Crippen molar-refractivity contribution in [1.29, 1.82) is 0 Å². The minimum Gasteiger partial charge on any atom is -0.345 e. The summed E-state index contributed by atoms with van der Waals surface area (Å²) in [6.07, 6.45) is 10.2. The van der Waals surface area contributed by atoms with Gasteiger partial charge in [-0.3, -0.25) is 9.59 Å². The predicted molar refractivity (Wildman–Crippen MR) is 117 cm³/mol. The molecule has 4 nitrogen and oxygen atoms in total. The van der Waals surface area contributed by atoms with E-state index in [-0.39, 0.29) is 17.7 Å². The van der Waals surface area contributed by atoms with Crippen LogP contribution in [0.3, 0.4) is 0 Å². The summed E-state index contributed by atoms with van der Waals surface area (Å²) in [5.74, 6) is 1.02. The van der Waals surface area contributed by atoms with Crippen molar-refractivity contribution in [2.24, 2.45) is 11.8 Å². The lowest BCUT2D eigenvalue weighted by Crippen LogP contribution is -2.43. The topological polar surface area (TPSA) is 42.3 Å². The number of Topliss-reactive ketones (excluding diaryl/α,β-unsaturated/α-hetero) is 1. The minimum absolute atomic E-state index is 0.0429. The van der Waals surface area contributed by atoms with Gasteiger partial charge in [0.1, 0.15) is 0 Å². The van der Waals surface area contributed by atoms with Crippen LogP contribution >= 0.6 is 11.6 Å². The molecule has 1 aromatic heterocycles. The van der Waals surface area contributed by atoms with E-state index in [0.717, 1.165) is 36.8 Å². The third-order valence-corrected chi connectivity index (χ3v) is 7.27. The second kappa shape index (κ2) is 8.51. The zero-order valence-corrected chi connectivity index (χ0v) is 18.3. The molecule has 0 radical (unpaired) electrons. The van der Waals surface area contributed by atoms with E-state index in [1.165, 1.54) is 32.1 Å². The summed E-state index contributed by atoms with van der Waals surface area (Å²) in [5.41, 5.74) is 1.72. The molecule has 2 fully saturated rings. The summed E-state index contributed by atoms with van der Waals surface area (Å²) < 4.78 is 2.14. The molecule has 29 heavy (non-hydrogen) atoms. The number of likely N-dealkylation sites (tertiary alicyclic amines) is 1. The Hall–Kier alpha value is -1.81. The summed E-state index contributed by atoms with van der Waals surface area (Å²) in [4.78, 5) is 27.6. The first kappa shape index (κ1) is 20.5. The average Bonchev–Trinajstić information content (AvgIpc) is 3.32. The SMILES string of the molecule is CC(=O)c1cn(C[C@@H]2CCCN2C(=O)[C@@H](C)C2CCCCC2)c2ccc(Cl)cc12. The normalized spacial score (nSPS) is 21.6. The van der Waals surface area contributed by atoms with E-state index in [1.54, 1.807) is 6.92 Å².